The maximum absolute atomic E-state index is 13.2. The van der Waals surface area contributed by atoms with Crippen molar-refractivity contribution in [1.82, 2.24) is 14.5 Å². The second kappa shape index (κ2) is 8.61. The average molecular weight is 466 g/mol. The Labute approximate surface area is 192 Å². The zero-order chi connectivity index (χ0) is 23.9. The van der Waals surface area contributed by atoms with Crippen molar-refractivity contribution in [3.63, 3.8) is 0 Å². The highest BCUT2D eigenvalue weighted by atomic mass is 32.3. The molecule has 0 atom stereocenters. The van der Waals surface area contributed by atoms with Gasteiger partial charge in [-0.3, -0.25) is 13.9 Å². The van der Waals surface area contributed by atoms with Crippen LogP contribution >= 0.6 is 10.8 Å². The van der Waals surface area contributed by atoms with Gasteiger partial charge in [-0.05, 0) is 53.9 Å². The van der Waals surface area contributed by atoms with E-state index >= 15 is 0 Å². The van der Waals surface area contributed by atoms with Crippen molar-refractivity contribution < 1.29 is 23.4 Å². The fourth-order valence-electron chi connectivity index (χ4n) is 3.91. The van der Waals surface area contributed by atoms with Crippen LogP contribution in [0.25, 0.3) is 4.91 Å². The third-order valence-corrected chi connectivity index (χ3v) is 7.47. The third kappa shape index (κ3) is 5.05. The Kier molecular flexibility index (Phi) is 6.57. The molecule has 3 N–H and O–H groups in total. The van der Waals surface area contributed by atoms with Crippen LogP contribution < -0.4 is 5.32 Å². The molecule has 2 aliphatic heterocycles. The lowest BCUT2D eigenvalue weighted by molar-refractivity contribution is -0.125. The first-order valence-corrected chi connectivity index (χ1v) is 12.4. The third-order valence-electron chi connectivity index (χ3n) is 5.26. The molecule has 0 aliphatic carbocycles. The van der Waals surface area contributed by atoms with Crippen LogP contribution in [0.5, 0.6) is 0 Å². The summed E-state index contributed by atoms with van der Waals surface area (Å²) in [5.74, 6) is -0.119. The molecule has 178 valence electrons. The van der Waals surface area contributed by atoms with Gasteiger partial charge in [0.2, 0.25) is 0 Å². The second-order valence-corrected chi connectivity index (χ2v) is 12.1. The van der Waals surface area contributed by atoms with Crippen LogP contribution in [-0.2, 0) is 9.53 Å². The summed E-state index contributed by atoms with van der Waals surface area (Å²) in [4.78, 5) is 27.2. The molecule has 8 nitrogen and oxygen atoms in total. The van der Waals surface area contributed by atoms with Crippen LogP contribution in [-0.4, -0.2) is 61.1 Å². The fourth-order valence-corrected chi connectivity index (χ4v) is 6.06. The number of likely N-dealkylation sites (tertiary alicyclic amines) is 1. The molecule has 9 heteroatoms. The number of hydrogen-bond acceptors (Lipinski definition) is 6. The van der Waals surface area contributed by atoms with Crippen molar-refractivity contribution in [3.05, 3.63) is 41.6 Å². The summed E-state index contributed by atoms with van der Waals surface area (Å²) in [6, 6.07) is 9.00. The largest absolute Gasteiger partial charge is 0.444 e. The highest BCUT2D eigenvalue weighted by Gasteiger charge is 2.49. The minimum atomic E-state index is -3.49. The van der Waals surface area contributed by atoms with Gasteiger partial charge in [-0.2, -0.15) is 0 Å². The summed E-state index contributed by atoms with van der Waals surface area (Å²) in [6.45, 7) is 12.6. The predicted octanol–water partition coefficient (Wildman–Crippen LogP) is 4.51. The molecule has 1 saturated heterocycles. The Morgan fingerprint density at radius 2 is 1.72 bits per heavy atom. The monoisotopic (exact) mass is 465 g/mol. The maximum Gasteiger partial charge on any atom is 0.410 e. The Balaban J connectivity index is 1.69. The molecule has 2 aliphatic rings. The van der Waals surface area contributed by atoms with E-state index in [-0.39, 0.29) is 16.7 Å². The Morgan fingerprint density at radius 1 is 1.12 bits per heavy atom. The van der Waals surface area contributed by atoms with E-state index in [0.717, 1.165) is 6.42 Å². The van der Waals surface area contributed by atoms with Gasteiger partial charge in [0.15, 0.2) is 0 Å². The summed E-state index contributed by atoms with van der Waals surface area (Å²) in [7, 11) is -3.49. The predicted molar refractivity (Wildman–Crippen MR) is 127 cm³/mol. The van der Waals surface area contributed by atoms with Crippen molar-refractivity contribution in [1.29, 1.82) is 0 Å². The van der Waals surface area contributed by atoms with Gasteiger partial charge in [-0.1, -0.05) is 41.1 Å². The summed E-state index contributed by atoms with van der Waals surface area (Å²) >= 11 is 0. The molecule has 2 heterocycles. The summed E-state index contributed by atoms with van der Waals surface area (Å²) in [5.41, 5.74) is -0.444. The number of nitrogens with one attached hydrogen (secondary N) is 1. The van der Waals surface area contributed by atoms with E-state index in [4.69, 9.17) is 4.74 Å². The van der Waals surface area contributed by atoms with Gasteiger partial charge < -0.3 is 15.0 Å². The molecule has 3 rings (SSSR count). The Bertz CT molecular complexity index is 896. The maximum atomic E-state index is 13.2. The van der Waals surface area contributed by atoms with Crippen LogP contribution in [0.2, 0.25) is 0 Å². The molecular weight excluding hydrogens is 430 g/mol. The van der Waals surface area contributed by atoms with E-state index in [1.54, 1.807) is 49.9 Å². The number of carbonyl (C=O) groups is 2. The van der Waals surface area contributed by atoms with Crippen molar-refractivity contribution in [2.75, 3.05) is 19.6 Å². The van der Waals surface area contributed by atoms with Gasteiger partial charge in [0.05, 0.1) is 5.54 Å². The van der Waals surface area contributed by atoms with Gasteiger partial charge in [-0.25, -0.2) is 9.10 Å². The molecule has 0 saturated carbocycles. The summed E-state index contributed by atoms with van der Waals surface area (Å²) in [5, 5.41) is 3.17. The summed E-state index contributed by atoms with van der Waals surface area (Å²) < 4.78 is 28.7. The molecule has 2 amide bonds. The molecular formula is C23H35N3O5S. The van der Waals surface area contributed by atoms with E-state index in [0.29, 0.717) is 31.1 Å². The molecule has 1 aromatic carbocycles. The first-order valence-electron chi connectivity index (χ1n) is 10.9. The highest BCUT2D eigenvalue weighted by Crippen LogP contribution is 2.63. The van der Waals surface area contributed by atoms with E-state index in [2.05, 4.69) is 5.32 Å². The van der Waals surface area contributed by atoms with E-state index in [1.807, 2.05) is 26.8 Å². The lowest BCUT2D eigenvalue weighted by Crippen LogP contribution is -2.52. The average Bonchev–Trinajstić information content (AvgIpc) is 2.80. The first-order chi connectivity index (χ1) is 14.7. The lowest BCUT2D eigenvalue weighted by atomic mass is 9.97. The van der Waals surface area contributed by atoms with Crippen LogP contribution in [0.3, 0.4) is 0 Å². The highest BCUT2D eigenvalue weighted by molar-refractivity contribution is 8.31. The Morgan fingerprint density at radius 3 is 2.25 bits per heavy atom. The molecule has 0 spiro atoms. The van der Waals surface area contributed by atoms with Gasteiger partial charge in [-0.15, -0.1) is 0 Å². The van der Waals surface area contributed by atoms with Crippen molar-refractivity contribution in [2.24, 2.45) is 5.92 Å². The number of ether oxygens (including phenoxy) is 1. The molecule has 32 heavy (non-hydrogen) atoms. The topological polar surface area (TPSA) is 102 Å². The first kappa shape index (κ1) is 24.4. The quantitative estimate of drug-likeness (QED) is 0.591. The van der Waals surface area contributed by atoms with Crippen molar-refractivity contribution >= 4 is 27.7 Å². The number of benzene rings is 1. The molecule has 0 aromatic heterocycles. The SMILES string of the molecule is CC(C)(C)OC(=O)N1CC(CCNC2=C(c3ccccc3)S(O)(O)N(C(C)(C)C)C2=O)C1. The molecule has 0 radical (unpaired) electrons. The fraction of sp³-hybridized carbons (Fsp3) is 0.565. The Hall–Kier alpha value is -2.23. The second-order valence-electron chi connectivity index (χ2n) is 10.3. The van der Waals surface area contributed by atoms with Crippen molar-refractivity contribution in [3.8, 4) is 0 Å². The number of nitrogens with zero attached hydrogens (tertiary/aromatic N) is 2. The van der Waals surface area contributed by atoms with E-state index in [1.165, 1.54) is 4.31 Å². The lowest BCUT2D eigenvalue weighted by Gasteiger charge is -2.45. The molecule has 1 fully saturated rings. The molecule has 1 aromatic rings. The minimum Gasteiger partial charge on any atom is -0.444 e. The minimum absolute atomic E-state index is 0.231. The zero-order valence-corrected chi connectivity index (χ0v) is 20.5. The van der Waals surface area contributed by atoms with Gasteiger partial charge in [0.1, 0.15) is 16.2 Å². The number of rotatable bonds is 5. The van der Waals surface area contributed by atoms with Gasteiger partial charge in [0, 0.05) is 25.2 Å². The van der Waals surface area contributed by atoms with Crippen LogP contribution in [0, 0.1) is 5.92 Å². The van der Waals surface area contributed by atoms with Crippen LogP contribution in [0.1, 0.15) is 53.5 Å². The van der Waals surface area contributed by atoms with Crippen molar-refractivity contribution in [2.45, 2.75) is 59.1 Å². The van der Waals surface area contributed by atoms with Crippen LogP contribution in [0.15, 0.2) is 36.0 Å². The summed E-state index contributed by atoms with van der Waals surface area (Å²) in [6.07, 6.45) is 0.434. The number of carbonyl (C=O) groups excluding carboxylic acids is 2. The normalized spacial score (nSPS) is 20.3. The smallest absolute Gasteiger partial charge is 0.410 e. The number of amides is 2. The molecule has 0 unspecified atom stereocenters. The van der Waals surface area contributed by atoms with Gasteiger partial charge in [0.25, 0.3) is 5.91 Å². The van der Waals surface area contributed by atoms with E-state index < -0.39 is 27.8 Å². The molecule has 0 bridgehead atoms. The number of hydrogen-bond donors (Lipinski definition) is 3. The van der Waals surface area contributed by atoms with Crippen LogP contribution in [0.4, 0.5) is 4.79 Å². The zero-order valence-electron chi connectivity index (χ0n) is 19.7. The van der Waals surface area contributed by atoms with E-state index in [9.17, 15) is 18.7 Å². The van der Waals surface area contributed by atoms with Gasteiger partial charge >= 0.3 is 6.09 Å². The standard InChI is InChI=1S/C23H35N3O5S/c1-22(2,3)26-20(27)18(19(32(26,29)30)17-10-8-7-9-11-17)24-13-12-16-14-25(15-16)21(28)31-23(4,5)6/h7-11,16,24,29-30H,12-15H2,1-6H3.